The third kappa shape index (κ3) is 5.14. The Labute approximate surface area is 97.3 Å². The molecule has 1 aromatic carbocycles. The van der Waals surface area contributed by atoms with Gasteiger partial charge in [-0.05, 0) is 30.5 Å². The normalized spacial score (nSPS) is 10.4. The van der Waals surface area contributed by atoms with Crippen LogP contribution < -0.4 is 4.74 Å². The maximum Gasteiger partial charge on any atom is 0.119 e. The molecule has 0 fully saturated rings. The molecular weight excluding hydrogens is 204 g/mol. The Kier molecular flexibility index (Phi) is 6.61. The quantitative estimate of drug-likeness (QED) is 0.635. The van der Waals surface area contributed by atoms with Crippen LogP contribution in [0.4, 0.5) is 0 Å². The molecule has 0 heterocycles. The number of hydrogen-bond acceptors (Lipinski definition) is 3. The molecular formula is C13H20O3. The SMILES string of the molecule is COCCCCOc1ccc(COC)cc1. The molecule has 0 spiro atoms. The van der Waals surface area contributed by atoms with E-state index in [0.717, 1.165) is 37.4 Å². The summed E-state index contributed by atoms with van der Waals surface area (Å²) >= 11 is 0. The summed E-state index contributed by atoms with van der Waals surface area (Å²) in [6.07, 6.45) is 2.06. The second-order valence-corrected chi connectivity index (χ2v) is 3.63. The van der Waals surface area contributed by atoms with E-state index >= 15 is 0 Å². The molecule has 0 radical (unpaired) electrons. The van der Waals surface area contributed by atoms with Gasteiger partial charge in [0.05, 0.1) is 13.2 Å². The van der Waals surface area contributed by atoms with Crippen molar-refractivity contribution in [3.05, 3.63) is 29.8 Å². The van der Waals surface area contributed by atoms with Gasteiger partial charge >= 0.3 is 0 Å². The van der Waals surface area contributed by atoms with Crippen LogP contribution >= 0.6 is 0 Å². The van der Waals surface area contributed by atoms with Crippen LogP contribution in [0, 0.1) is 0 Å². The van der Waals surface area contributed by atoms with Gasteiger partial charge in [0, 0.05) is 20.8 Å². The molecule has 90 valence electrons. The fourth-order valence-electron chi connectivity index (χ4n) is 1.39. The third-order valence-corrected chi connectivity index (χ3v) is 2.25. The van der Waals surface area contributed by atoms with Gasteiger partial charge in [-0.25, -0.2) is 0 Å². The van der Waals surface area contributed by atoms with Gasteiger partial charge in [-0.2, -0.15) is 0 Å². The molecule has 0 saturated carbocycles. The second-order valence-electron chi connectivity index (χ2n) is 3.63. The first kappa shape index (κ1) is 13.0. The van der Waals surface area contributed by atoms with Crippen molar-refractivity contribution in [3.63, 3.8) is 0 Å². The molecule has 3 nitrogen and oxygen atoms in total. The standard InChI is InChI=1S/C13H20O3/c1-14-9-3-4-10-16-13-7-5-12(6-8-13)11-15-2/h5-8H,3-4,9-11H2,1-2H3. The fraction of sp³-hybridized carbons (Fsp3) is 0.538. The van der Waals surface area contributed by atoms with Crippen LogP contribution in [0.25, 0.3) is 0 Å². The maximum atomic E-state index is 5.59. The summed E-state index contributed by atoms with van der Waals surface area (Å²) in [6, 6.07) is 8.00. The van der Waals surface area contributed by atoms with E-state index in [1.54, 1.807) is 14.2 Å². The summed E-state index contributed by atoms with van der Waals surface area (Å²) in [5, 5.41) is 0. The average molecular weight is 224 g/mol. The number of rotatable bonds is 8. The Balaban J connectivity index is 2.21. The summed E-state index contributed by atoms with van der Waals surface area (Å²) in [7, 11) is 3.41. The van der Waals surface area contributed by atoms with E-state index in [1.807, 2.05) is 24.3 Å². The third-order valence-electron chi connectivity index (χ3n) is 2.25. The summed E-state index contributed by atoms with van der Waals surface area (Å²) < 4.78 is 15.6. The van der Waals surface area contributed by atoms with Gasteiger partial charge in [-0.1, -0.05) is 12.1 Å². The number of ether oxygens (including phenoxy) is 3. The molecule has 0 unspecified atom stereocenters. The van der Waals surface area contributed by atoms with Crippen LogP contribution in [0.5, 0.6) is 5.75 Å². The first-order chi connectivity index (χ1) is 7.86. The van der Waals surface area contributed by atoms with Crippen molar-refractivity contribution in [2.24, 2.45) is 0 Å². The van der Waals surface area contributed by atoms with E-state index < -0.39 is 0 Å². The summed E-state index contributed by atoms with van der Waals surface area (Å²) in [6.45, 7) is 2.19. The van der Waals surface area contributed by atoms with Crippen LogP contribution in [0.15, 0.2) is 24.3 Å². The van der Waals surface area contributed by atoms with E-state index in [1.165, 1.54) is 0 Å². The zero-order valence-corrected chi connectivity index (χ0v) is 10.1. The van der Waals surface area contributed by atoms with Gasteiger partial charge in [0.15, 0.2) is 0 Å². The highest BCUT2D eigenvalue weighted by atomic mass is 16.5. The van der Waals surface area contributed by atoms with Crippen molar-refractivity contribution >= 4 is 0 Å². The monoisotopic (exact) mass is 224 g/mol. The summed E-state index contributed by atoms with van der Waals surface area (Å²) in [5.74, 6) is 0.914. The fourth-order valence-corrected chi connectivity index (χ4v) is 1.39. The van der Waals surface area contributed by atoms with Crippen molar-refractivity contribution < 1.29 is 14.2 Å². The zero-order chi connectivity index (χ0) is 11.6. The Morgan fingerprint density at radius 2 is 1.56 bits per heavy atom. The molecule has 0 aliphatic rings. The van der Waals surface area contributed by atoms with Gasteiger partial charge < -0.3 is 14.2 Å². The second kappa shape index (κ2) is 8.13. The molecule has 1 rings (SSSR count). The summed E-state index contributed by atoms with van der Waals surface area (Å²) in [4.78, 5) is 0. The Morgan fingerprint density at radius 3 is 2.19 bits per heavy atom. The zero-order valence-electron chi connectivity index (χ0n) is 10.1. The van der Waals surface area contributed by atoms with Crippen molar-refractivity contribution in [2.45, 2.75) is 19.4 Å². The van der Waals surface area contributed by atoms with E-state index in [4.69, 9.17) is 14.2 Å². The lowest BCUT2D eigenvalue weighted by Gasteiger charge is -2.06. The number of benzene rings is 1. The number of hydrogen-bond donors (Lipinski definition) is 0. The first-order valence-corrected chi connectivity index (χ1v) is 5.56. The topological polar surface area (TPSA) is 27.7 Å². The lowest BCUT2D eigenvalue weighted by atomic mass is 10.2. The van der Waals surface area contributed by atoms with Crippen LogP contribution in [0.3, 0.4) is 0 Å². The largest absolute Gasteiger partial charge is 0.494 e. The van der Waals surface area contributed by atoms with Crippen molar-refractivity contribution in [3.8, 4) is 5.75 Å². The molecule has 0 aromatic heterocycles. The van der Waals surface area contributed by atoms with E-state index in [2.05, 4.69) is 0 Å². The molecule has 0 amide bonds. The predicted octanol–water partition coefficient (Wildman–Crippen LogP) is 2.64. The highest BCUT2D eigenvalue weighted by molar-refractivity contribution is 5.26. The lowest BCUT2D eigenvalue weighted by molar-refractivity contribution is 0.183. The number of unbranched alkanes of at least 4 members (excludes halogenated alkanes) is 1. The average Bonchev–Trinajstić information content (AvgIpc) is 2.31. The van der Waals surface area contributed by atoms with Crippen LogP contribution in [0.1, 0.15) is 18.4 Å². The molecule has 0 atom stereocenters. The molecule has 0 bridgehead atoms. The predicted molar refractivity (Wildman–Crippen MR) is 63.8 cm³/mol. The van der Waals surface area contributed by atoms with Crippen LogP contribution in [-0.2, 0) is 16.1 Å². The van der Waals surface area contributed by atoms with Gasteiger partial charge in [-0.15, -0.1) is 0 Å². The Bertz CT molecular complexity index is 269. The Morgan fingerprint density at radius 1 is 0.875 bits per heavy atom. The minimum Gasteiger partial charge on any atom is -0.494 e. The lowest BCUT2D eigenvalue weighted by Crippen LogP contribution is -1.99. The summed E-state index contributed by atoms with van der Waals surface area (Å²) in [5.41, 5.74) is 1.16. The van der Waals surface area contributed by atoms with E-state index in [0.29, 0.717) is 6.61 Å². The minimum atomic E-state index is 0.647. The van der Waals surface area contributed by atoms with Crippen molar-refractivity contribution in [1.29, 1.82) is 0 Å². The van der Waals surface area contributed by atoms with Crippen LogP contribution in [-0.4, -0.2) is 27.4 Å². The molecule has 0 N–H and O–H groups in total. The molecule has 0 aliphatic carbocycles. The maximum absolute atomic E-state index is 5.59. The van der Waals surface area contributed by atoms with Gasteiger partial charge in [0.1, 0.15) is 5.75 Å². The van der Waals surface area contributed by atoms with Gasteiger partial charge in [0.25, 0.3) is 0 Å². The van der Waals surface area contributed by atoms with E-state index in [-0.39, 0.29) is 0 Å². The minimum absolute atomic E-state index is 0.647. The molecule has 0 saturated heterocycles. The number of methoxy groups -OCH3 is 2. The molecule has 1 aromatic rings. The van der Waals surface area contributed by atoms with Gasteiger partial charge in [-0.3, -0.25) is 0 Å². The highest BCUT2D eigenvalue weighted by Crippen LogP contribution is 2.13. The highest BCUT2D eigenvalue weighted by Gasteiger charge is 1.95. The van der Waals surface area contributed by atoms with Gasteiger partial charge in [0.2, 0.25) is 0 Å². The Hall–Kier alpha value is -1.06. The molecule has 0 aliphatic heterocycles. The van der Waals surface area contributed by atoms with Crippen molar-refractivity contribution in [1.82, 2.24) is 0 Å². The smallest absolute Gasteiger partial charge is 0.119 e. The van der Waals surface area contributed by atoms with Crippen LogP contribution in [0.2, 0.25) is 0 Å². The van der Waals surface area contributed by atoms with E-state index in [9.17, 15) is 0 Å². The van der Waals surface area contributed by atoms with Crippen molar-refractivity contribution in [2.75, 3.05) is 27.4 Å². The molecule has 3 heteroatoms. The molecule has 16 heavy (non-hydrogen) atoms. The first-order valence-electron chi connectivity index (χ1n) is 5.56.